The third kappa shape index (κ3) is 4.88. The molecule has 1 heterocycles. The number of carbonyl (C=O) groups excluding carboxylic acids is 1. The van der Waals surface area contributed by atoms with Crippen molar-refractivity contribution in [2.75, 3.05) is 16.8 Å². The first-order valence-electron chi connectivity index (χ1n) is 10.7. The zero-order valence-electron chi connectivity index (χ0n) is 17.7. The quantitative estimate of drug-likeness (QED) is 0.614. The minimum Gasteiger partial charge on any atom is -0.550 e. The van der Waals surface area contributed by atoms with Crippen molar-refractivity contribution in [3.8, 4) is 0 Å². The Kier molecular flexibility index (Phi) is 6.21. The van der Waals surface area contributed by atoms with E-state index in [2.05, 4.69) is 59.6 Å². The molecule has 0 bridgehead atoms. The maximum absolute atomic E-state index is 14.3. The van der Waals surface area contributed by atoms with Gasteiger partial charge >= 0.3 is 0 Å². The fraction of sp³-hybridized carbons (Fsp3) is 0.269. The van der Waals surface area contributed by atoms with Gasteiger partial charge in [0.25, 0.3) is 0 Å². The lowest BCUT2D eigenvalue weighted by atomic mass is 9.98. The maximum atomic E-state index is 14.3. The molecule has 1 aliphatic heterocycles. The Balaban J connectivity index is 1.49. The number of hydrogen-bond donors (Lipinski definition) is 1. The van der Waals surface area contributed by atoms with Gasteiger partial charge in [-0.15, -0.1) is 0 Å². The Hall–Kier alpha value is -3.34. The molecule has 0 saturated heterocycles. The molecule has 0 unspecified atom stereocenters. The molecule has 0 amide bonds. The van der Waals surface area contributed by atoms with Gasteiger partial charge in [-0.3, -0.25) is 0 Å². The van der Waals surface area contributed by atoms with Crippen LogP contribution >= 0.6 is 0 Å². The van der Waals surface area contributed by atoms with Crippen LogP contribution in [0.2, 0.25) is 0 Å². The zero-order chi connectivity index (χ0) is 21.8. The molecule has 4 rings (SSSR count). The van der Waals surface area contributed by atoms with Gasteiger partial charge < -0.3 is 20.1 Å². The number of fused-ring (bicyclic) bond motifs is 1. The first-order valence-corrected chi connectivity index (χ1v) is 10.7. The molecular formula is C26H26FN2O2-. The van der Waals surface area contributed by atoms with Crippen molar-refractivity contribution >= 4 is 23.0 Å². The molecule has 1 N–H and O–H groups in total. The Bertz CT molecular complexity index is 1100. The number of nitrogens with one attached hydrogen (secondary N) is 1. The highest BCUT2D eigenvalue weighted by Crippen LogP contribution is 2.35. The summed E-state index contributed by atoms with van der Waals surface area (Å²) in [6.07, 6.45) is 2.15. The molecule has 0 aromatic heterocycles. The summed E-state index contributed by atoms with van der Waals surface area (Å²) in [5, 5.41) is 13.9. The molecule has 3 aromatic carbocycles. The van der Waals surface area contributed by atoms with Crippen molar-refractivity contribution in [2.45, 2.75) is 39.2 Å². The van der Waals surface area contributed by atoms with E-state index in [1.165, 1.54) is 28.6 Å². The van der Waals surface area contributed by atoms with E-state index in [1.807, 2.05) is 0 Å². The van der Waals surface area contributed by atoms with Crippen molar-refractivity contribution in [1.29, 1.82) is 0 Å². The lowest BCUT2D eigenvalue weighted by Gasteiger charge is -2.33. The number of aryl methyl sites for hydroxylation is 3. The zero-order valence-corrected chi connectivity index (χ0v) is 17.7. The highest BCUT2D eigenvalue weighted by molar-refractivity contribution is 5.71. The second-order valence-electron chi connectivity index (χ2n) is 8.04. The van der Waals surface area contributed by atoms with Crippen LogP contribution in [0.1, 0.15) is 35.1 Å². The Morgan fingerprint density at radius 3 is 2.71 bits per heavy atom. The lowest BCUT2D eigenvalue weighted by molar-refractivity contribution is -0.305. The van der Waals surface area contributed by atoms with Crippen LogP contribution in [0.5, 0.6) is 0 Å². The number of benzene rings is 3. The van der Waals surface area contributed by atoms with Gasteiger partial charge in [-0.2, -0.15) is 0 Å². The highest BCUT2D eigenvalue weighted by atomic mass is 19.1. The number of aliphatic carboxylic acids is 1. The average molecular weight is 418 g/mol. The van der Waals surface area contributed by atoms with E-state index >= 15 is 0 Å². The Morgan fingerprint density at radius 2 is 1.94 bits per heavy atom. The molecule has 0 atom stereocenters. The van der Waals surface area contributed by atoms with Gasteiger partial charge in [0.15, 0.2) is 0 Å². The van der Waals surface area contributed by atoms with E-state index in [0.717, 1.165) is 24.9 Å². The molecule has 0 fully saturated rings. The van der Waals surface area contributed by atoms with Gasteiger partial charge in [0.05, 0.1) is 0 Å². The maximum Gasteiger partial charge on any atom is 0.128 e. The predicted octanol–water partition coefficient (Wildman–Crippen LogP) is 4.51. The molecule has 1 aliphatic rings. The van der Waals surface area contributed by atoms with Crippen LogP contribution < -0.4 is 15.3 Å². The van der Waals surface area contributed by atoms with E-state index in [0.29, 0.717) is 17.8 Å². The SMILES string of the molecule is Cc1ccccc1N1CCCc2ccc(CNc3ccc(CCC(=O)[O-])c(F)c3)cc21. The third-order valence-corrected chi connectivity index (χ3v) is 5.82. The van der Waals surface area contributed by atoms with E-state index in [-0.39, 0.29) is 12.8 Å². The van der Waals surface area contributed by atoms with Crippen molar-refractivity contribution in [3.05, 3.63) is 88.7 Å². The number of hydrogen-bond acceptors (Lipinski definition) is 4. The largest absolute Gasteiger partial charge is 0.550 e. The monoisotopic (exact) mass is 417 g/mol. The first kappa shape index (κ1) is 20.9. The molecule has 0 saturated carbocycles. The molecular weight excluding hydrogens is 391 g/mol. The average Bonchev–Trinajstić information content (AvgIpc) is 2.77. The number of halogens is 1. The summed E-state index contributed by atoms with van der Waals surface area (Å²) in [6, 6.07) is 19.8. The van der Waals surface area contributed by atoms with Crippen LogP contribution in [0.4, 0.5) is 21.5 Å². The lowest BCUT2D eigenvalue weighted by Crippen LogP contribution is -2.25. The summed E-state index contributed by atoms with van der Waals surface area (Å²) in [7, 11) is 0. The summed E-state index contributed by atoms with van der Waals surface area (Å²) in [6.45, 7) is 3.71. The van der Waals surface area contributed by atoms with E-state index < -0.39 is 11.8 Å². The molecule has 5 heteroatoms. The van der Waals surface area contributed by atoms with Crippen LogP contribution in [0.3, 0.4) is 0 Å². The number of carboxylic acids is 1. The third-order valence-electron chi connectivity index (χ3n) is 5.82. The van der Waals surface area contributed by atoms with Crippen LogP contribution in [-0.2, 0) is 24.2 Å². The number of carbonyl (C=O) groups is 1. The van der Waals surface area contributed by atoms with Gasteiger partial charge in [0, 0.05) is 36.1 Å². The van der Waals surface area contributed by atoms with Gasteiger partial charge in [0.1, 0.15) is 5.82 Å². The van der Waals surface area contributed by atoms with Crippen LogP contribution in [-0.4, -0.2) is 12.5 Å². The fourth-order valence-corrected chi connectivity index (χ4v) is 4.15. The minimum absolute atomic E-state index is 0.133. The summed E-state index contributed by atoms with van der Waals surface area (Å²) < 4.78 is 14.3. The second-order valence-corrected chi connectivity index (χ2v) is 8.04. The van der Waals surface area contributed by atoms with Crippen molar-refractivity contribution < 1.29 is 14.3 Å². The standard InChI is InChI=1S/C26H27FN2O2/c1-18-5-2-3-7-24(18)29-14-4-6-21-9-8-19(15-25(21)29)17-28-22-12-10-20(23(27)16-22)11-13-26(30)31/h2-3,5,7-10,12,15-16,28H,4,6,11,13-14,17H2,1H3,(H,30,31)/p-1. The van der Waals surface area contributed by atoms with E-state index in [9.17, 15) is 14.3 Å². The van der Waals surface area contributed by atoms with Crippen LogP contribution in [0.25, 0.3) is 0 Å². The van der Waals surface area contributed by atoms with Crippen molar-refractivity contribution in [3.63, 3.8) is 0 Å². The number of anilines is 3. The van der Waals surface area contributed by atoms with Crippen LogP contribution in [0, 0.1) is 12.7 Å². The summed E-state index contributed by atoms with van der Waals surface area (Å²) in [5.74, 6) is -1.57. The number of carboxylic acid groups (broad SMARTS) is 1. The number of para-hydroxylation sites is 1. The predicted molar refractivity (Wildman–Crippen MR) is 120 cm³/mol. The van der Waals surface area contributed by atoms with Crippen LogP contribution in [0.15, 0.2) is 60.7 Å². The summed E-state index contributed by atoms with van der Waals surface area (Å²) in [4.78, 5) is 13.0. The summed E-state index contributed by atoms with van der Waals surface area (Å²) >= 11 is 0. The molecule has 0 spiro atoms. The normalized spacial score (nSPS) is 13.0. The number of nitrogens with zero attached hydrogens (tertiary/aromatic N) is 1. The van der Waals surface area contributed by atoms with E-state index in [4.69, 9.17) is 0 Å². The van der Waals surface area contributed by atoms with E-state index in [1.54, 1.807) is 12.1 Å². The second kappa shape index (κ2) is 9.21. The fourth-order valence-electron chi connectivity index (χ4n) is 4.15. The highest BCUT2D eigenvalue weighted by Gasteiger charge is 2.19. The molecule has 160 valence electrons. The van der Waals surface area contributed by atoms with Gasteiger partial charge in [-0.05, 0) is 79.1 Å². The molecule has 4 nitrogen and oxygen atoms in total. The molecule has 0 radical (unpaired) electrons. The van der Waals surface area contributed by atoms with Gasteiger partial charge in [-0.1, -0.05) is 36.4 Å². The Morgan fingerprint density at radius 1 is 1.10 bits per heavy atom. The van der Waals surface area contributed by atoms with Crippen molar-refractivity contribution in [1.82, 2.24) is 0 Å². The van der Waals surface area contributed by atoms with Gasteiger partial charge in [-0.25, -0.2) is 4.39 Å². The molecule has 3 aromatic rings. The van der Waals surface area contributed by atoms with Crippen molar-refractivity contribution in [2.24, 2.45) is 0 Å². The minimum atomic E-state index is -1.17. The first-order chi connectivity index (χ1) is 15.0. The molecule has 0 aliphatic carbocycles. The smallest absolute Gasteiger partial charge is 0.128 e. The topological polar surface area (TPSA) is 55.4 Å². The van der Waals surface area contributed by atoms with Gasteiger partial charge in [0.2, 0.25) is 0 Å². The number of rotatable bonds is 7. The Labute approximate surface area is 182 Å². The summed E-state index contributed by atoms with van der Waals surface area (Å²) in [5.41, 5.74) is 7.27. The molecule has 31 heavy (non-hydrogen) atoms.